The molecule has 0 fully saturated rings. The van der Waals surface area contributed by atoms with E-state index in [0.29, 0.717) is 24.7 Å². The molecule has 0 saturated carbocycles. The van der Waals surface area contributed by atoms with Crippen molar-refractivity contribution in [2.75, 3.05) is 13.2 Å². The zero-order valence-electron chi connectivity index (χ0n) is 24.3. The minimum atomic E-state index is -4.44. The normalized spacial score (nSPS) is 13.5. The molecule has 2 N–H and O–H groups in total. The third kappa shape index (κ3) is 15.3. The molecule has 0 aliphatic carbocycles. The van der Waals surface area contributed by atoms with Crippen LogP contribution in [0.25, 0.3) is 0 Å². The van der Waals surface area contributed by atoms with Crippen LogP contribution in [0.15, 0.2) is 18.2 Å². The Bertz CT molecular complexity index is 867. The highest BCUT2D eigenvalue weighted by atomic mass is 32.3. The summed E-state index contributed by atoms with van der Waals surface area (Å²) < 4.78 is 35.8. The van der Waals surface area contributed by atoms with Crippen molar-refractivity contribution in [3.05, 3.63) is 34.9 Å². The van der Waals surface area contributed by atoms with Crippen LogP contribution in [0.3, 0.4) is 0 Å². The molecule has 0 saturated heterocycles. The monoisotopic (exact) mass is 554 g/mol. The van der Waals surface area contributed by atoms with Crippen LogP contribution in [0.4, 0.5) is 0 Å². The molecule has 220 valence electrons. The van der Waals surface area contributed by atoms with Gasteiger partial charge in [0, 0.05) is 6.42 Å². The number of benzene rings is 1. The maximum atomic E-state index is 11.3. The summed E-state index contributed by atoms with van der Waals surface area (Å²) >= 11 is 0. The largest absolute Gasteiger partial charge is 0.397 e. The highest BCUT2D eigenvalue weighted by molar-refractivity contribution is 7.80. The summed E-state index contributed by atoms with van der Waals surface area (Å²) in [6, 6.07) is 6.22. The Morgan fingerprint density at radius 2 is 1.47 bits per heavy atom. The summed E-state index contributed by atoms with van der Waals surface area (Å²) in [5, 5.41) is 8.88. The second kappa shape index (κ2) is 20.6. The number of carbonyl (C=O) groups excluding carboxylic acids is 1. The number of ketones is 1. The van der Waals surface area contributed by atoms with E-state index < -0.39 is 10.4 Å². The maximum absolute atomic E-state index is 11.3. The zero-order chi connectivity index (χ0) is 28.2. The lowest BCUT2D eigenvalue weighted by Crippen LogP contribution is -2.17. The van der Waals surface area contributed by atoms with Crippen molar-refractivity contribution in [1.29, 1.82) is 0 Å². The van der Waals surface area contributed by atoms with Gasteiger partial charge in [-0.05, 0) is 67.6 Å². The van der Waals surface area contributed by atoms with Crippen molar-refractivity contribution >= 4 is 16.2 Å². The van der Waals surface area contributed by atoms with E-state index >= 15 is 0 Å². The predicted octanol–water partition coefficient (Wildman–Crippen LogP) is 7.90. The Kier molecular flexibility index (Phi) is 18.8. The van der Waals surface area contributed by atoms with Crippen LogP contribution in [-0.4, -0.2) is 37.1 Å². The van der Waals surface area contributed by atoms with Gasteiger partial charge in [-0.2, -0.15) is 8.42 Å². The van der Waals surface area contributed by atoms with Gasteiger partial charge in [0.1, 0.15) is 6.61 Å². The van der Waals surface area contributed by atoms with Gasteiger partial charge in [0.15, 0.2) is 5.78 Å². The Labute approximate surface area is 232 Å². The van der Waals surface area contributed by atoms with Gasteiger partial charge in [-0.15, -0.1) is 0 Å². The molecule has 2 atom stereocenters. The van der Waals surface area contributed by atoms with Crippen molar-refractivity contribution in [3.8, 4) is 0 Å². The minimum Gasteiger partial charge on any atom is -0.389 e. The van der Waals surface area contributed by atoms with E-state index in [9.17, 15) is 13.2 Å². The van der Waals surface area contributed by atoms with E-state index in [1.165, 1.54) is 75.3 Å². The quantitative estimate of drug-likeness (QED) is 0.0995. The molecule has 1 aromatic carbocycles. The molecule has 0 bridgehead atoms. The lowest BCUT2D eigenvalue weighted by molar-refractivity contribution is -0.121. The van der Waals surface area contributed by atoms with Gasteiger partial charge in [-0.25, -0.2) is 4.18 Å². The average molecular weight is 555 g/mol. The fourth-order valence-corrected chi connectivity index (χ4v) is 6.06. The summed E-state index contributed by atoms with van der Waals surface area (Å²) in [6.45, 7) is 6.24. The molecule has 6 nitrogen and oxygen atoms in total. The van der Waals surface area contributed by atoms with Gasteiger partial charge in [-0.3, -0.25) is 9.35 Å². The van der Waals surface area contributed by atoms with Crippen LogP contribution in [0.5, 0.6) is 0 Å². The standard InChI is InChI=1S/C31H54O6S/c1-4-6-7-8-9-11-14-19-27(20-15-12-10-13-16-22-29(33)25-32)30(5-2)31-26(3)18-17-21-28(31)23-24-37-38(34,35)36/h17-18,21,27,30,32H,4-16,19-20,22-25H2,1-3H3,(H,34,35,36). The number of aryl methyl sites for hydroxylation is 1. The Morgan fingerprint density at radius 3 is 2.03 bits per heavy atom. The van der Waals surface area contributed by atoms with Crippen LogP contribution < -0.4 is 0 Å². The fourth-order valence-electron chi connectivity index (χ4n) is 5.77. The van der Waals surface area contributed by atoms with Crippen molar-refractivity contribution in [3.63, 3.8) is 0 Å². The Balaban J connectivity index is 2.85. The molecular weight excluding hydrogens is 500 g/mol. The summed E-state index contributed by atoms with van der Waals surface area (Å²) in [7, 11) is -4.44. The zero-order valence-corrected chi connectivity index (χ0v) is 25.1. The molecule has 0 heterocycles. The molecule has 0 aliphatic rings. The van der Waals surface area contributed by atoms with Crippen molar-refractivity contribution in [1.82, 2.24) is 0 Å². The molecule has 1 aromatic rings. The number of hydrogen-bond donors (Lipinski definition) is 2. The second-order valence-corrected chi connectivity index (χ2v) is 11.9. The molecule has 1 rings (SSSR count). The molecule has 2 unspecified atom stereocenters. The third-order valence-corrected chi connectivity index (χ3v) is 8.25. The van der Waals surface area contributed by atoms with Crippen LogP contribution in [-0.2, 0) is 25.8 Å². The van der Waals surface area contributed by atoms with E-state index in [1.54, 1.807) is 0 Å². The first-order chi connectivity index (χ1) is 18.2. The lowest BCUT2D eigenvalue weighted by atomic mass is 9.75. The van der Waals surface area contributed by atoms with Gasteiger partial charge in [0.25, 0.3) is 0 Å². The molecule has 7 heteroatoms. The topological polar surface area (TPSA) is 101 Å². The number of rotatable bonds is 24. The Hall–Kier alpha value is -1.28. The number of unbranched alkanes of at least 4 members (excludes halogenated alkanes) is 10. The van der Waals surface area contributed by atoms with E-state index in [1.807, 2.05) is 6.07 Å². The first kappa shape index (κ1) is 34.7. The molecule has 0 aliphatic heterocycles. The van der Waals surface area contributed by atoms with Gasteiger partial charge in [0.05, 0.1) is 6.61 Å². The average Bonchev–Trinajstić information content (AvgIpc) is 2.87. The van der Waals surface area contributed by atoms with Crippen LogP contribution in [0.2, 0.25) is 0 Å². The lowest BCUT2D eigenvalue weighted by Gasteiger charge is -2.30. The Morgan fingerprint density at radius 1 is 0.895 bits per heavy atom. The number of aliphatic hydroxyl groups is 1. The summed E-state index contributed by atoms with van der Waals surface area (Å²) in [5.74, 6) is 0.898. The molecule has 0 radical (unpaired) electrons. The summed E-state index contributed by atoms with van der Waals surface area (Å²) in [6.07, 6.45) is 18.7. The molecule has 0 aromatic heterocycles. The van der Waals surface area contributed by atoms with Crippen molar-refractivity contribution in [2.45, 2.75) is 136 Å². The highest BCUT2D eigenvalue weighted by Gasteiger charge is 2.25. The number of carbonyl (C=O) groups is 1. The smallest absolute Gasteiger partial charge is 0.389 e. The van der Waals surface area contributed by atoms with Gasteiger partial charge >= 0.3 is 10.4 Å². The maximum Gasteiger partial charge on any atom is 0.397 e. The highest BCUT2D eigenvalue weighted by Crippen LogP contribution is 2.39. The van der Waals surface area contributed by atoms with Gasteiger partial charge < -0.3 is 5.11 Å². The van der Waals surface area contributed by atoms with E-state index in [-0.39, 0.29) is 19.0 Å². The van der Waals surface area contributed by atoms with Crippen LogP contribution >= 0.6 is 0 Å². The number of aliphatic hydroxyl groups excluding tert-OH is 1. The predicted molar refractivity (Wildman–Crippen MR) is 156 cm³/mol. The van der Waals surface area contributed by atoms with E-state index in [2.05, 4.69) is 37.1 Å². The first-order valence-electron chi connectivity index (χ1n) is 15.1. The SMILES string of the molecule is CCCCCCCCCC(CCCCCCCC(=O)CO)C(CC)c1c(C)cccc1CCOS(=O)(=O)O. The number of Topliss-reactive ketones (excluding diaryl/α,β-unsaturated/α-hetero) is 1. The molecular formula is C31H54O6S. The molecule has 0 amide bonds. The summed E-state index contributed by atoms with van der Waals surface area (Å²) in [4.78, 5) is 11.3. The second-order valence-electron chi connectivity index (χ2n) is 10.8. The molecule has 0 spiro atoms. The van der Waals surface area contributed by atoms with Gasteiger partial charge in [0.2, 0.25) is 0 Å². The summed E-state index contributed by atoms with van der Waals surface area (Å²) in [5.41, 5.74) is 3.67. The van der Waals surface area contributed by atoms with Gasteiger partial charge in [-0.1, -0.05) is 103 Å². The van der Waals surface area contributed by atoms with Crippen LogP contribution in [0.1, 0.15) is 139 Å². The third-order valence-electron chi connectivity index (χ3n) is 7.78. The van der Waals surface area contributed by atoms with Crippen molar-refractivity contribution in [2.24, 2.45) is 5.92 Å². The fraction of sp³-hybridized carbons (Fsp3) is 0.774. The minimum absolute atomic E-state index is 0.0626. The first-order valence-corrected chi connectivity index (χ1v) is 16.4. The van der Waals surface area contributed by atoms with E-state index in [0.717, 1.165) is 37.7 Å². The van der Waals surface area contributed by atoms with Crippen LogP contribution in [0, 0.1) is 12.8 Å². The van der Waals surface area contributed by atoms with E-state index in [4.69, 9.17) is 9.66 Å². The number of hydrogen-bond acceptors (Lipinski definition) is 5. The molecule has 38 heavy (non-hydrogen) atoms. The van der Waals surface area contributed by atoms with Crippen molar-refractivity contribution < 1.29 is 27.1 Å².